The van der Waals surface area contributed by atoms with E-state index in [-0.39, 0.29) is 18.0 Å². The van der Waals surface area contributed by atoms with E-state index in [0.29, 0.717) is 11.3 Å². The maximum absolute atomic E-state index is 12.8. The number of carbonyl (C=O) groups excluding carboxylic acids is 1. The van der Waals surface area contributed by atoms with E-state index in [9.17, 15) is 9.90 Å². The third kappa shape index (κ3) is 3.23. The van der Waals surface area contributed by atoms with Crippen LogP contribution in [0.15, 0.2) is 12.5 Å². The van der Waals surface area contributed by atoms with Crippen molar-refractivity contribution >= 4 is 5.91 Å². The number of aromatic nitrogens is 2. The highest BCUT2D eigenvalue weighted by molar-refractivity contribution is 5.95. The SMILES string of the molecule is Cc1ncncc1C(=O)N(C)[C@@H]1CCC[C@@H](N2CCCC2)[C@@H]1O. The van der Waals surface area contributed by atoms with Gasteiger partial charge in [-0.1, -0.05) is 0 Å². The van der Waals surface area contributed by atoms with Crippen molar-refractivity contribution in [3.8, 4) is 0 Å². The predicted molar refractivity (Wildman–Crippen MR) is 87.1 cm³/mol. The molecule has 1 aromatic heterocycles. The van der Waals surface area contributed by atoms with Crippen molar-refractivity contribution in [1.29, 1.82) is 0 Å². The van der Waals surface area contributed by atoms with Crippen LogP contribution in [0.1, 0.15) is 48.2 Å². The van der Waals surface area contributed by atoms with Crippen molar-refractivity contribution < 1.29 is 9.90 Å². The van der Waals surface area contributed by atoms with Crippen molar-refractivity contribution in [2.24, 2.45) is 0 Å². The molecule has 3 atom stereocenters. The summed E-state index contributed by atoms with van der Waals surface area (Å²) in [6.45, 7) is 3.95. The van der Waals surface area contributed by atoms with Crippen LogP contribution in [0.3, 0.4) is 0 Å². The molecule has 6 nitrogen and oxygen atoms in total. The Morgan fingerprint density at radius 3 is 2.74 bits per heavy atom. The molecule has 0 radical (unpaired) electrons. The molecule has 2 aliphatic rings. The minimum Gasteiger partial charge on any atom is -0.389 e. The summed E-state index contributed by atoms with van der Waals surface area (Å²) in [5.74, 6) is -0.103. The normalized spacial score (nSPS) is 28.7. The van der Waals surface area contributed by atoms with E-state index in [1.165, 1.54) is 19.2 Å². The van der Waals surface area contributed by atoms with Gasteiger partial charge in [-0.2, -0.15) is 0 Å². The van der Waals surface area contributed by atoms with Gasteiger partial charge in [-0.05, 0) is 52.1 Å². The number of aliphatic hydroxyl groups excluding tert-OH is 1. The second-order valence-electron chi connectivity index (χ2n) is 6.74. The monoisotopic (exact) mass is 318 g/mol. The molecule has 1 saturated heterocycles. The van der Waals surface area contributed by atoms with Gasteiger partial charge in [0, 0.05) is 19.3 Å². The number of rotatable bonds is 3. The number of hydrogen-bond donors (Lipinski definition) is 1. The number of amides is 1. The topological polar surface area (TPSA) is 69.6 Å². The van der Waals surface area contributed by atoms with Gasteiger partial charge in [-0.15, -0.1) is 0 Å². The fourth-order valence-corrected chi connectivity index (χ4v) is 3.97. The maximum Gasteiger partial charge on any atom is 0.257 e. The van der Waals surface area contributed by atoms with E-state index >= 15 is 0 Å². The number of aryl methyl sites for hydroxylation is 1. The first kappa shape index (κ1) is 16.3. The first-order valence-electron chi connectivity index (χ1n) is 8.55. The van der Waals surface area contributed by atoms with E-state index in [2.05, 4.69) is 14.9 Å². The quantitative estimate of drug-likeness (QED) is 0.908. The summed E-state index contributed by atoms with van der Waals surface area (Å²) in [6.07, 6.45) is 7.87. The van der Waals surface area contributed by atoms with E-state index in [1.807, 2.05) is 6.92 Å². The van der Waals surface area contributed by atoms with Crippen LogP contribution in [0.4, 0.5) is 0 Å². The molecule has 2 heterocycles. The summed E-state index contributed by atoms with van der Waals surface area (Å²) in [4.78, 5) is 24.9. The Balaban J connectivity index is 1.74. The van der Waals surface area contributed by atoms with Crippen LogP contribution in [0.5, 0.6) is 0 Å². The highest BCUT2D eigenvalue weighted by Crippen LogP contribution is 2.29. The van der Waals surface area contributed by atoms with Crippen molar-refractivity contribution in [3.63, 3.8) is 0 Å². The zero-order chi connectivity index (χ0) is 16.4. The van der Waals surface area contributed by atoms with Gasteiger partial charge in [0.25, 0.3) is 5.91 Å². The molecule has 1 aliphatic carbocycles. The summed E-state index contributed by atoms with van der Waals surface area (Å²) in [6, 6.07) is 0.0427. The third-order valence-corrected chi connectivity index (χ3v) is 5.36. The first-order chi connectivity index (χ1) is 11.1. The largest absolute Gasteiger partial charge is 0.389 e. The van der Waals surface area contributed by atoms with Gasteiger partial charge in [0.1, 0.15) is 6.33 Å². The highest BCUT2D eigenvalue weighted by atomic mass is 16.3. The second-order valence-corrected chi connectivity index (χ2v) is 6.74. The van der Waals surface area contributed by atoms with Gasteiger partial charge in [0.2, 0.25) is 0 Å². The van der Waals surface area contributed by atoms with Gasteiger partial charge in [0.15, 0.2) is 0 Å². The van der Waals surface area contributed by atoms with Gasteiger partial charge < -0.3 is 10.0 Å². The fourth-order valence-electron chi connectivity index (χ4n) is 3.97. The van der Waals surface area contributed by atoms with Crippen LogP contribution in [0, 0.1) is 6.92 Å². The fraction of sp³-hybridized carbons (Fsp3) is 0.706. The number of nitrogens with zero attached hydrogens (tertiary/aromatic N) is 4. The van der Waals surface area contributed by atoms with E-state index in [0.717, 1.165) is 32.4 Å². The Morgan fingerprint density at radius 2 is 2.04 bits per heavy atom. The molecule has 1 aromatic rings. The molecule has 1 aliphatic heterocycles. The van der Waals surface area contributed by atoms with Crippen LogP contribution in [-0.2, 0) is 0 Å². The molecule has 0 spiro atoms. The Morgan fingerprint density at radius 1 is 1.30 bits per heavy atom. The summed E-state index contributed by atoms with van der Waals surface area (Å²) < 4.78 is 0. The van der Waals surface area contributed by atoms with Gasteiger partial charge in [0.05, 0.1) is 23.4 Å². The summed E-state index contributed by atoms with van der Waals surface area (Å²) in [5, 5.41) is 10.9. The van der Waals surface area contributed by atoms with E-state index < -0.39 is 6.10 Å². The molecule has 1 amide bonds. The minimum atomic E-state index is -0.485. The van der Waals surface area contributed by atoms with Crippen LogP contribution >= 0.6 is 0 Å². The number of likely N-dealkylation sites (N-methyl/N-ethyl adjacent to an activating group) is 1. The number of carbonyl (C=O) groups is 1. The second kappa shape index (κ2) is 6.93. The summed E-state index contributed by atoms with van der Waals surface area (Å²) in [5.41, 5.74) is 1.20. The highest BCUT2D eigenvalue weighted by Gasteiger charge is 2.39. The maximum atomic E-state index is 12.8. The van der Waals surface area contributed by atoms with Crippen LogP contribution in [0.25, 0.3) is 0 Å². The molecule has 126 valence electrons. The van der Waals surface area contributed by atoms with Crippen LogP contribution in [-0.4, -0.2) is 69.1 Å². The predicted octanol–water partition coefficient (Wildman–Crippen LogP) is 1.23. The number of hydrogen-bond acceptors (Lipinski definition) is 5. The zero-order valence-electron chi connectivity index (χ0n) is 14.0. The first-order valence-corrected chi connectivity index (χ1v) is 8.55. The molecule has 0 bridgehead atoms. The molecule has 1 saturated carbocycles. The lowest BCUT2D eigenvalue weighted by atomic mass is 9.86. The third-order valence-electron chi connectivity index (χ3n) is 5.36. The van der Waals surface area contributed by atoms with Gasteiger partial charge in [-0.25, -0.2) is 9.97 Å². The molecule has 1 N–H and O–H groups in total. The van der Waals surface area contributed by atoms with E-state index in [1.54, 1.807) is 18.1 Å². The lowest BCUT2D eigenvalue weighted by Crippen LogP contribution is -2.56. The molecule has 0 unspecified atom stereocenters. The molecular weight excluding hydrogens is 292 g/mol. The molecule has 23 heavy (non-hydrogen) atoms. The molecule has 6 heteroatoms. The summed E-state index contributed by atoms with van der Waals surface area (Å²) >= 11 is 0. The van der Waals surface area contributed by atoms with Crippen molar-refractivity contribution in [1.82, 2.24) is 19.8 Å². The average molecular weight is 318 g/mol. The van der Waals surface area contributed by atoms with E-state index in [4.69, 9.17) is 0 Å². The zero-order valence-corrected chi connectivity index (χ0v) is 14.0. The minimum absolute atomic E-state index is 0.103. The number of likely N-dealkylation sites (tertiary alicyclic amines) is 1. The smallest absolute Gasteiger partial charge is 0.257 e. The molecule has 0 aromatic carbocycles. The number of aliphatic hydroxyl groups is 1. The summed E-state index contributed by atoms with van der Waals surface area (Å²) in [7, 11) is 1.79. The molecular formula is C17H26N4O2. The van der Waals surface area contributed by atoms with Crippen molar-refractivity contribution in [2.45, 2.75) is 57.2 Å². The van der Waals surface area contributed by atoms with Crippen molar-refractivity contribution in [2.75, 3.05) is 20.1 Å². The average Bonchev–Trinajstić information content (AvgIpc) is 3.08. The van der Waals surface area contributed by atoms with Crippen molar-refractivity contribution in [3.05, 3.63) is 23.8 Å². The lowest BCUT2D eigenvalue weighted by Gasteiger charge is -2.43. The van der Waals surface area contributed by atoms with Crippen LogP contribution in [0.2, 0.25) is 0 Å². The lowest BCUT2D eigenvalue weighted by molar-refractivity contribution is -0.0242. The molecule has 3 rings (SSSR count). The Kier molecular flexibility index (Phi) is 4.92. The standard InChI is InChI=1S/C17H26N4O2/c1-12-13(10-18-11-19-12)17(23)20(2)14-6-5-7-15(16(14)22)21-8-3-4-9-21/h10-11,14-16,22H,3-9H2,1-2H3/t14-,15-,16-/m1/s1. The van der Waals surface area contributed by atoms with Gasteiger partial charge in [-0.3, -0.25) is 9.69 Å². The van der Waals surface area contributed by atoms with Crippen LogP contribution < -0.4 is 0 Å². The Bertz CT molecular complexity index is 559. The Hall–Kier alpha value is -1.53. The molecule has 2 fully saturated rings. The van der Waals surface area contributed by atoms with Gasteiger partial charge >= 0.3 is 0 Å². The Labute approximate surface area is 137 Å².